The van der Waals surface area contributed by atoms with Crippen molar-refractivity contribution in [3.8, 4) is 0 Å². The van der Waals surface area contributed by atoms with Crippen LogP contribution in [0, 0.1) is 0 Å². The predicted octanol–water partition coefficient (Wildman–Crippen LogP) is 1.16. The quantitative estimate of drug-likeness (QED) is 0.749. The molecule has 0 N–H and O–H groups in total. The largest absolute Gasteiger partial charge is 0.312 e. The minimum Gasteiger partial charge on any atom is -0.312 e. The van der Waals surface area contributed by atoms with Crippen LogP contribution in [-0.4, -0.2) is 45.6 Å². The van der Waals surface area contributed by atoms with Gasteiger partial charge in [0.25, 0.3) is 0 Å². The Labute approximate surface area is 123 Å². The van der Waals surface area contributed by atoms with E-state index in [1.807, 2.05) is 18.5 Å². The van der Waals surface area contributed by atoms with Crippen molar-refractivity contribution in [2.45, 2.75) is 26.3 Å². The van der Waals surface area contributed by atoms with Crippen molar-refractivity contribution < 1.29 is 8.42 Å². The van der Waals surface area contributed by atoms with Crippen molar-refractivity contribution in [1.29, 1.82) is 0 Å². The number of halogens is 1. The SMILES string of the molecule is CCc1nn(C)c2c1nc(CCCl)n2CCS(C)(=O)=O. The summed E-state index contributed by atoms with van der Waals surface area (Å²) in [4.78, 5) is 4.60. The third kappa shape index (κ3) is 2.98. The lowest BCUT2D eigenvalue weighted by Crippen LogP contribution is -2.15. The lowest BCUT2D eigenvalue weighted by atomic mass is 10.3. The third-order valence-electron chi connectivity index (χ3n) is 3.21. The molecule has 20 heavy (non-hydrogen) atoms. The summed E-state index contributed by atoms with van der Waals surface area (Å²) >= 11 is 5.81. The first kappa shape index (κ1) is 15.3. The van der Waals surface area contributed by atoms with E-state index < -0.39 is 9.84 Å². The van der Waals surface area contributed by atoms with E-state index in [2.05, 4.69) is 10.1 Å². The minimum absolute atomic E-state index is 0.0837. The van der Waals surface area contributed by atoms with E-state index in [0.29, 0.717) is 18.8 Å². The Bertz CT molecular complexity index is 717. The number of aryl methyl sites for hydroxylation is 4. The van der Waals surface area contributed by atoms with E-state index in [0.717, 1.165) is 29.1 Å². The van der Waals surface area contributed by atoms with Crippen LogP contribution in [0.25, 0.3) is 11.2 Å². The van der Waals surface area contributed by atoms with E-state index in [1.54, 1.807) is 4.68 Å². The second-order valence-corrected chi connectivity index (χ2v) is 7.48. The topological polar surface area (TPSA) is 69.8 Å². The molecular formula is C12H19ClN4O2S. The van der Waals surface area contributed by atoms with Crippen LogP contribution in [0.2, 0.25) is 0 Å². The highest BCUT2D eigenvalue weighted by molar-refractivity contribution is 7.90. The fourth-order valence-corrected chi connectivity index (χ4v) is 2.98. The molecule has 0 spiro atoms. The second kappa shape index (κ2) is 5.73. The highest BCUT2D eigenvalue weighted by Crippen LogP contribution is 2.20. The van der Waals surface area contributed by atoms with E-state index in [4.69, 9.17) is 11.6 Å². The smallest absolute Gasteiger partial charge is 0.158 e. The lowest BCUT2D eigenvalue weighted by Gasteiger charge is -2.08. The number of alkyl halides is 1. The van der Waals surface area contributed by atoms with E-state index in [9.17, 15) is 8.42 Å². The molecule has 2 aromatic heterocycles. The summed E-state index contributed by atoms with van der Waals surface area (Å²) in [7, 11) is -1.17. The average molecular weight is 319 g/mol. The zero-order valence-electron chi connectivity index (χ0n) is 11.9. The lowest BCUT2D eigenvalue weighted by molar-refractivity contribution is 0.591. The molecular weight excluding hydrogens is 300 g/mol. The number of imidazole rings is 1. The van der Waals surface area contributed by atoms with Gasteiger partial charge >= 0.3 is 0 Å². The van der Waals surface area contributed by atoms with Gasteiger partial charge in [-0.15, -0.1) is 11.6 Å². The molecule has 0 aliphatic carbocycles. The summed E-state index contributed by atoms with van der Waals surface area (Å²) in [5, 5.41) is 4.43. The molecule has 0 amide bonds. The van der Waals surface area contributed by atoms with Crippen molar-refractivity contribution in [1.82, 2.24) is 19.3 Å². The molecule has 0 saturated carbocycles. The number of hydrogen-bond donors (Lipinski definition) is 0. The number of hydrogen-bond acceptors (Lipinski definition) is 4. The first-order valence-corrected chi connectivity index (χ1v) is 9.11. The molecule has 2 heterocycles. The fourth-order valence-electron chi connectivity index (χ4n) is 2.29. The van der Waals surface area contributed by atoms with Gasteiger partial charge in [0.2, 0.25) is 0 Å². The van der Waals surface area contributed by atoms with Gasteiger partial charge in [0, 0.05) is 32.1 Å². The first-order valence-electron chi connectivity index (χ1n) is 6.52. The Morgan fingerprint density at radius 1 is 1.35 bits per heavy atom. The zero-order valence-corrected chi connectivity index (χ0v) is 13.5. The summed E-state index contributed by atoms with van der Waals surface area (Å²) in [5.74, 6) is 1.36. The second-order valence-electron chi connectivity index (χ2n) is 4.84. The highest BCUT2D eigenvalue weighted by Gasteiger charge is 2.18. The molecule has 8 heteroatoms. The molecule has 0 aliphatic rings. The Balaban J connectivity index is 2.53. The average Bonchev–Trinajstić information content (AvgIpc) is 2.85. The van der Waals surface area contributed by atoms with Crippen molar-refractivity contribution in [2.75, 3.05) is 17.9 Å². The first-order chi connectivity index (χ1) is 9.37. The van der Waals surface area contributed by atoms with Crippen LogP contribution >= 0.6 is 11.6 Å². The van der Waals surface area contributed by atoms with Gasteiger partial charge in [0.1, 0.15) is 21.2 Å². The van der Waals surface area contributed by atoms with Gasteiger partial charge in [-0.25, -0.2) is 13.4 Å². The van der Waals surface area contributed by atoms with Crippen LogP contribution in [0.1, 0.15) is 18.4 Å². The van der Waals surface area contributed by atoms with Crippen molar-refractivity contribution in [2.24, 2.45) is 7.05 Å². The van der Waals surface area contributed by atoms with Gasteiger partial charge in [-0.2, -0.15) is 5.10 Å². The number of fused-ring (bicyclic) bond motifs is 1. The summed E-state index contributed by atoms with van der Waals surface area (Å²) in [5.41, 5.74) is 2.64. The summed E-state index contributed by atoms with van der Waals surface area (Å²) in [6.07, 6.45) is 2.65. The van der Waals surface area contributed by atoms with Gasteiger partial charge in [0.15, 0.2) is 5.65 Å². The van der Waals surface area contributed by atoms with Crippen LogP contribution in [0.5, 0.6) is 0 Å². The molecule has 2 aromatic rings. The van der Waals surface area contributed by atoms with Gasteiger partial charge < -0.3 is 4.57 Å². The van der Waals surface area contributed by atoms with E-state index in [1.165, 1.54) is 6.26 Å². The van der Waals surface area contributed by atoms with Crippen LogP contribution < -0.4 is 0 Å². The molecule has 0 unspecified atom stereocenters. The van der Waals surface area contributed by atoms with Gasteiger partial charge in [-0.3, -0.25) is 4.68 Å². The maximum absolute atomic E-state index is 11.4. The summed E-state index contributed by atoms with van der Waals surface area (Å²) in [6.45, 7) is 2.41. The summed E-state index contributed by atoms with van der Waals surface area (Å²) in [6, 6.07) is 0. The Morgan fingerprint density at radius 2 is 2.05 bits per heavy atom. The molecule has 0 aliphatic heterocycles. The number of rotatable bonds is 6. The zero-order chi connectivity index (χ0) is 14.9. The summed E-state index contributed by atoms with van der Waals surface area (Å²) < 4.78 is 26.5. The number of aromatic nitrogens is 4. The van der Waals surface area contributed by atoms with Crippen LogP contribution in [0.15, 0.2) is 0 Å². The molecule has 6 nitrogen and oxygen atoms in total. The van der Waals surface area contributed by atoms with Crippen molar-refractivity contribution in [3.63, 3.8) is 0 Å². The van der Waals surface area contributed by atoms with E-state index >= 15 is 0 Å². The molecule has 0 bridgehead atoms. The maximum atomic E-state index is 11.4. The molecule has 0 fully saturated rings. The molecule has 0 atom stereocenters. The minimum atomic E-state index is -3.02. The van der Waals surface area contributed by atoms with Gasteiger partial charge in [0.05, 0.1) is 11.4 Å². The Kier molecular flexibility index (Phi) is 4.39. The molecule has 112 valence electrons. The third-order valence-corrected chi connectivity index (χ3v) is 4.32. The van der Waals surface area contributed by atoms with Crippen molar-refractivity contribution >= 4 is 32.6 Å². The molecule has 2 rings (SSSR count). The monoisotopic (exact) mass is 318 g/mol. The Morgan fingerprint density at radius 3 is 2.60 bits per heavy atom. The standard InChI is InChI=1S/C12H19ClN4O2S/c1-4-9-11-12(16(2)15-9)17(7-8-20(3,18)19)10(14-11)5-6-13/h4-8H2,1-3H3. The normalized spacial score (nSPS) is 12.4. The predicted molar refractivity (Wildman–Crippen MR) is 80.0 cm³/mol. The highest BCUT2D eigenvalue weighted by atomic mass is 35.5. The van der Waals surface area contributed by atoms with Crippen LogP contribution in [0.3, 0.4) is 0 Å². The fraction of sp³-hybridized carbons (Fsp3) is 0.667. The molecule has 0 aromatic carbocycles. The number of nitrogens with zero attached hydrogens (tertiary/aromatic N) is 4. The van der Waals surface area contributed by atoms with Gasteiger partial charge in [-0.1, -0.05) is 6.92 Å². The van der Waals surface area contributed by atoms with Crippen molar-refractivity contribution in [3.05, 3.63) is 11.5 Å². The van der Waals surface area contributed by atoms with Crippen LogP contribution in [0.4, 0.5) is 0 Å². The molecule has 0 saturated heterocycles. The Hall–Kier alpha value is -1.08. The van der Waals surface area contributed by atoms with Gasteiger partial charge in [-0.05, 0) is 6.42 Å². The van der Waals surface area contributed by atoms with Crippen LogP contribution in [-0.2, 0) is 36.3 Å². The number of sulfone groups is 1. The van der Waals surface area contributed by atoms with E-state index in [-0.39, 0.29) is 5.75 Å². The molecule has 0 radical (unpaired) electrons. The maximum Gasteiger partial charge on any atom is 0.158 e.